The van der Waals surface area contributed by atoms with E-state index in [0.29, 0.717) is 18.7 Å². The fourth-order valence-corrected chi connectivity index (χ4v) is 5.95. The number of Topliss-reactive ketones (excluding diaryl/α,β-unsaturated/α-hetero) is 1. The van der Waals surface area contributed by atoms with Crippen LogP contribution in [0.15, 0.2) is 52.3 Å². The highest BCUT2D eigenvalue weighted by Gasteiger charge is 2.28. The summed E-state index contributed by atoms with van der Waals surface area (Å²) in [5.74, 6) is -0.240. The second-order valence-corrected chi connectivity index (χ2v) is 10.7. The molecule has 1 aliphatic heterocycles. The smallest absolute Gasteiger partial charge is 0.251 e. The molecule has 174 valence electrons. The maximum Gasteiger partial charge on any atom is 0.251 e. The van der Waals surface area contributed by atoms with Crippen molar-refractivity contribution in [1.29, 1.82) is 0 Å². The van der Waals surface area contributed by atoms with Crippen LogP contribution in [0.4, 0.5) is 0 Å². The van der Waals surface area contributed by atoms with Gasteiger partial charge in [-0.3, -0.25) is 9.59 Å². The molecule has 1 aliphatic rings. The lowest BCUT2D eigenvalue weighted by atomic mass is 10.1. The molecule has 0 saturated carbocycles. The normalized spacial score (nSPS) is 14.7. The summed E-state index contributed by atoms with van der Waals surface area (Å²) in [6.07, 6.45) is 2.94. The third-order valence-electron chi connectivity index (χ3n) is 6.45. The number of rotatable bonds is 6. The molecule has 33 heavy (non-hydrogen) atoms. The van der Waals surface area contributed by atoms with Gasteiger partial charge in [-0.05, 0) is 75.9 Å². The molecule has 3 aromatic rings. The summed E-state index contributed by atoms with van der Waals surface area (Å²) >= 11 is 0. The molecule has 0 aliphatic carbocycles. The van der Waals surface area contributed by atoms with Gasteiger partial charge in [0.25, 0.3) is 5.56 Å². The summed E-state index contributed by atoms with van der Waals surface area (Å²) in [6.45, 7) is 8.66. The quantitative estimate of drug-likeness (QED) is 0.519. The average molecular weight is 468 g/mol. The molecule has 4 rings (SSSR count). The number of ketones is 1. The van der Waals surface area contributed by atoms with Gasteiger partial charge in [-0.15, -0.1) is 0 Å². The molecular weight excluding hydrogens is 438 g/mol. The van der Waals surface area contributed by atoms with Crippen molar-refractivity contribution in [3.63, 3.8) is 0 Å². The lowest BCUT2D eigenvalue weighted by molar-refractivity contribution is 0.0970. The fourth-order valence-electron chi connectivity index (χ4n) is 4.41. The second kappa shape index (κ2) is 8.76. The molecule has 0 radical (unpaired) electrons. The number of pyridine rings is 1. The van der Waals surface area contributed by atoms with Crippen molar-refractivity contribution < 1.29 is 13.2 Å². The average Bonchev–Trinajstić information content (AvgIpc) is 3.40. The monoisotopic (exact) mass is 467 g/mol. The molecule has 1 aromatic carbocycles. The first-order valence-electron chi connectivity index (χ1n) is 11.1. The van der Waals surface area contributed by atoms with Crippen molar-refractivity contribution in [3.8, 4) is 5.69 Å². The molecule has 3 heterocycles. The lowest BCUT2D eigenvalue weighted by Crippen LogP contribution is -2.30. The number of nitrogens with zero attached hydrogens (tertiary/aromatic N) is 3. The number of carbonyl (C=O) groups excluding carboxylic acids is 1. The number of hydrogen-bond donors (Lipinski definition) is 0. The largest absolute Gasteiger partial charge is 0.318 e. The second-order valence-electron chi connectivity index (χ2n) is 8.75. The molecule has 0 amide bonds. The van der Waals surface area contributed by atoms with Crippen molar-refractivity contribution in [2.45, 2.75) is 52.0 Å². The zero-order valence-electron chi connectivity index (χ0n) is 19.5. The summed E-state index contributed by atoms with van der Waals surface area (Å²) in [4.78, 5) is 25.7. The summed E-state index contributed by atoms with van der Waals surface area (Å²) in [6, 6.07) is 10.5. The van der Waals surface area contributed by atoms with Crippen LogP contribution in [-0.2, 0) is 16.6 Å². The molecule has 0 N–H and O–H groups in total. The Bertz CT molecular complexity index is 1390. The Balaban J connectivity index is 1.65. The van der Waals surface area contributed by atoms with Crippen molar-refractivity contribution in [3.05, 3.63) is 81.0 Å². The summed E-state index contributed by atoms with van der Waals surface area (Å²) in [5.41, 5.74) is 5.14. The molecule has 1 fully saturated rings. The van der Waals surface area contributed by atoms with E-state index in [-0.39, 0.29) is 17.2 Å². The van der Waals surface area contributed by atoms with E-state index in [2.05, 4.69) is 26.0 Å². The van der Waals surface area contributed by atoms with Crippen LogP contribution in [0.5, 0.6) is 0 Å². The predicted molar refractivity (Wildman–Crippen MR) is 128 cm³/mol. The highest BCUT2D eigenvalue weighted by atomic mass is 32.2. The zero-order valence-corrected chi connectivity index (χ0v) is 20.3. The van der Waals surface area contributed by atoms with Gasteiger partial charge in [0.15, 0.2) is 5.78 Å². The minimum Gasteiger partial charge on any atom is -0.318 e. The van der Waals surface area contributed by atoms with Crippen molar-refractivity contribution >= 4 is 15.8 Å². The van der Waals surface area contributed by atoms with Gasteiger partial charge >= 0.3 is 0 Å². The van der Waals surface area contributed by atoms with E-state index in [1.165, 1.54) is 32.8 Å². The number of sulfonamides is 1. The first kappa shape index (κ1) is 23.2. The number of hydrogen-bond acceptors (Lipinski definition) is 4. The molecule has 0 spiro atoms. The topological polar surface area (TPSA) is 81.4 Å². The van der Waals surface area contributed by atoms with Gasteiger partial charge in [-0.1, -0.05) is 6.07 Å². The Morgan fingerprint density at radius 1 is 0.939 bits per heavy atom. The molecule has 2 aromatic heterocycles. The maximum atomic E-state index is 13.2. The maximum absolute atomic E-state index is 13.2. The minimum absolute atomic E-state index is 0.0393. The fraction of sp³-hybridized carbons (Fsp3) is 0.360. The standard InChI is InChI=1S/C25H29N3O4S/c1-17-7-8-21(13-18(17)2)28-19(3)14-23(20(28)4)24(29)16-26-15-22(9-10-25(26)30)33(31,32)27-11-5-6-12-27/h7-10,13-15H,5-6,11-12,16H2,1-4H3. The van der Waals surface area contributed by atoms with Gasteiger partial charge in [0, 0.05) is 48.0 Å². The molecular formula is C25H29N3O4S. The Labute approximate surface area is 194 Å². The van der Waals surface area contributed by atoms with Crippen LogP contribution in [0.3, 0.4) is 0 Å². The third kappa shape index (κ3) is 4.32. The molecule has 0 unspecified atom stereocenters. The van der Waals surface area contributed by atoms with Crippen molar-refractivity contribution in [1.82, 2.24) is 13.4 Å². The SMILES string of the molecule is Cc1ccc(-n2c(C)cc(C(=O)Cn3cc(S(=O)(=O)N4CCCC4)ccc3=O)c2C)cc1C. The summed E-state index contributed by atoms with van der Waals surface area (Å²) in [5, 5.41) is 0. The van der Waals surface area contributed by atoms with Crippen LogP contribution < -0.4 is 5.56 Å². The Kier molecular flexibility index (Phi) is 6.16. The molecule has 1 saturated heterocycles. The Morgan fingerprint density at radius 3 is 2.30 bits per heavy atom. The van der Waals surface area contributed by atoms with Gasteiger partial charge < -0.3 is 9.13 Å². The van der Waals surface area contributed by atoms with Gasteiger partial charge in [0.2, 0.25) is 10.0 Å². The van der Waals surface area contributed by atoms with Crippen LogP contribution in [-0.4, -0.2) is 40.7 Å². The van der Waals surface area contributed by atoms with Crippen LogP contribution in [0.2, 0.25) is 0 Å². The lowest BCUT2D eigenvalue weighted by Gasteiger charge is -2.16. The first-order valence-corrected chi connectivity index (χ1v) is 12.5. The minimum atomic E-state index is -3.67. The van der Waals surface area contributed by atoms with Gasteiger partial charge in [0.1, 0.15) is 0 Å². The highest BCUT2D eigenvalue weighted by Crippen LogP contribution is 2.24. The molecule has 8 heteroatoms. The van der Waals surface area contributed by atoms with E-state index in [1.807, 2.05) is 30.5 Å². The molecule has 0 atom stereocenters. The van der Waals surface area contributed by atoms with E-state index < -0.39 is 15.6 Å². The third-order valence-corrected chi connectivity index (χ3v) is 8.34. The number of benzene rings is 1. The summed E-state index contributed by atoms with van der Waals surface area (Å²) < 4.78 is 30.4. The van der Waals surface area contributed by atoms with Gasteiger partial charge in [0.05, 0.1) is 11.4 Å². The van der Waals surface area contributed by atoms with E-state index in [0.717, 1.165) is 35.5 Å². The van der Waals surface area contributed by atoms with Crippen LogP contribution in [0.25, 0.3) is 5.69 Å². The number of carbonyl (C=O) groups is 1. The predicted octanol–water partition coefficient (Wildman–Crippen LogP) is 3.54. The highest BCUT2D eigenvalue weighted by molar-refractivity contribution is 7.89. The Hall–Kier alpha value is -2.97. The zero-order chi connectivity index (χ0) is 23.9. The van der Waals surface area contributed by atoms with Gasteiger partial charge in [-0.25, -0.2) is 8.42 Å². The number of aromatic nitrogens is 2. The van der Waals surface area contributed by atoms with Crippen LogP contribution in [0.1, 0.15) is 45.7 Å². The van der Waals surface area contributed by atoms with Crippen LogP contribution in [0, 0.1) is 27.7 Å². The first-order chi connectivity index (χ1) is 15.6. The molecule has 0 bridgehead atoms. The van der Waals surface area contributed by atoms with Crippen molar-refractivity contribution in [2.24, 2.45) is 0 Å². The summed E-state index contributed by atoms with van der Waals surface area (Å²) in [7, 11) is -3.67. The molecule has 7 nitrogen and oxygen atoms in total. The van der Waals surface area contributed by atoms with E-state index >= 15 is 0 Å². The Morgan fingerprint density at radius 2 is 1.64 bits per heavy atom. The van der Waals surface area contributed by atoms with Crippen molar-refractivity contribution in [2.75, 3.05) is 13.1 Å². The van der Waals surface area contributed by atoms with Crippen LogP contribution >= 0.6 is 0 Å². The van der Waals surface area contributed by atoms with E-state index in [4.69, 9.17) is 0 Å². The van der Waals surface area contributed by atoms with E-state index in [9.17, 15) is 18.0 Å². The van der Waals surface area contributed by atoms with E-state index in [1.54, 1.807) is 0 Å². The van der Waals surface area contributed by atoms with Gasteiger partial charge in [-0.2, -0.15) is 4.31 Å². The number of aryl methyl sites for hydroxylation is 3.